The second-order valence-electron chi connectivity index (χ2n) is 12.2. The topological polar surface area (TPSA) is 38.4 Å². The lowest BCUT2D eigenvalue weighted by Crippen LogP contribution is -1.93. The molecule has 6 rings (SSSR count). The number of aliphatic imine (C=N–C) groups is 1. The van der Waals surface area contributed by atoms with Crippen LogP contribution < -0.4 is 5.73 Å². The van der Waals surface area contributed by atoms with E-state index in [4.69, 9.17) is 0 Å². The first-order valence-corrected chi connectivity index (χ1v) is 15.2. The van der Waals surface area contributed by atoms with E-state index in [1.165, 1.54) is 56.1 Å². The van der Waals surface area contributed by atoms with Gasteiger partial charge in [0.25, 0.3) is 0 Å². The van der Waals surface area contributed by atoms with Crippen LogP contribution in [0.5, 0.6) is 0 Å². The second kappa shape index (κ2) is 14.6. The summed E-state index contributed by atoms with van der Waals surface area (Å²) in [4.78, 5) is 4.36. The zero-order valence-corrected chi connectivity index (χ0v) is 26.9. The highest BCUT2D eigenvalue weighted by Gasteiger charge is 2.17. The molecule has 0 saturated heterocycles. The number of nitrogens with zero attached hydrogens (tertiary/aromatic N) is 1. The van der Waals surface area contributed by atoms with E-state index in [0.717, 1.165) is 16.8 Å². The predicted molar refractivity (Wildman–Crippen MR) is 198 cm³/mol. The summed E-state index contributed by atoms with van der Waals surface area (Å²) >= 11 is 0. The molecule has 6 aromatic rings. The minimum atomic E-state index is 0.500. The average Bonchev–Trinajstić information content (AvgIpc) is 3.04. The lowest BCUT2D eigenvalue weighted by atomic mass is 9.85. The van der Waals surface area contributed by atoms with Crippen LogP contribution in [0.3, 0.4) is 0 Å². The summed E-state index contributed by atoms with van der Waals surface area (Å²) in [6, 6.07) is 39.4. The third kappa shape index (κ3) is 7.40. The summed E-state index contributed by atoms with van der Waals surface area (Å²) in [6.07, 6.45) is 8.15. The van der Waals surface area contributed by atoms with Gasteiger partial charge >= 0.3 is 0 Å². The van der Waals surface area contributed by atoms with Crippen molar-refractivity contribution in [2.24, 2.45) is 16.1 Å². The first-order chi connectivity index (χ1) is 21.3. The molecule has 0 heterocycles. The molecule has 0 bridgehead atoms. The Kier molecular flexibility index (Phi) is 10.7. The second-order valence-corrected chi connectivity index (χ2v) is 12.2. The standard InChI is InChI=1S/C36H27N.C5H12.CH5N/c1-3-4-5-13-26-20-22-29(24-34(26)37-2)36-32-17-10-8-15-30(32)35(31-16-9-11-18-33(31)36)28-21-19-25-12-6-7-14-27(25)23-28;1-5(2,3)4;1-2/h3-24H,2H2,1H3;1-4H3;2H2,1H3/b4-3-,13-5-;;. The van der Waals surface area contributed by atoms with E-state index in [2.05, 4.69) is 160 Å². The van der Waals surface area contributed by atoms with Gasteiger partial charge in [0.2, 0.25) is 0 Å². The van der Waals surface area contributed by atoms with E-state index in [1.54, 1.807) is 0 Å². The zero-order chi connectivity index (χ0) is 31.7. The maximum Gasteiger partial charge on any atom is 0.0700 e. The van der Waals surface area contributed by atoms with Gasteiger partial charge in [0.15, 0.2) is 0 Å². The predicted octanol–water partition coefficient (Wildman–Crippen LogP) is 12.0. The lowest BCUT2D eigenvalue weighted by molar-refractivity contribution is 0.469. The van der Waals surface area contributed by atoms with Crippen molar-refractivity contribution in [2.75, 3.05) is 7.05 Å². The van der Waals surface area contributed by atoms with Crippen molar-refractivity contribution in [3.8, 4) is 22.3 Å². The van der Waals surface area contributed by atoms with Crippen molar-refractivity contribution < 1.29 is 0 Å². The van der Waals surface area contributed by atoms with E-state index in [1.807, 2.05) is 25.2 Å². The first kappa shape index (κ1) is 32.1. The molecule has 0 unspecified atom stereocenters. The fourth-order valence-electron chi connectivity index (χ4n) is 5.34. The molecule has 2 N–H and O–H groups in total. The van der Waals surface area contributed by atoms with Gasteiger partial charge in [0, 0.05) is 5.56 Å². The Morgan fingerprint density at radius 3 is 1.55 bits per heavy atom. The molecule has 0 spiro atoms. The molecular weight excluding hydrogens is 532 g/mol. The zero-order valence-electron chi connectivity index (χ0n) is 26.9. The highest BCUT2D eigenvalue weighted by molar-refractivity contribution is 6.21. The smallest absolute Gasteiger partial charge is 0.0700 e. The van der Waals surface area contributed by atoms with Crippen LogP contribution in [0.15, 0.2) is 132 Å². The van der Waals surface area contributed by atoms with Crippen LogP contribution in [0.1, 0.15) is 40.2 Å². The molecule has 222 valence electrons. The maximum absolute atomic E-state index is 4.50. The van der Waals surface area contributed by atoms with Gasteiger partial charge in [-0.15, -0.1) is 0 Å². The van der Waals surface area contributed by atoms with Crippen LogP contribution in [0.2, 0.25) is 0 Å². The molecule has 2 nitrogen and oxygen atoms in total. The largest absolute Gasteiger partial charge is 0.333 e. The number of rotatable bonds is 5. The molecule has 0 aliphatic carbocycles. The van der Waals surface area contributed by atoms with Crippen molar-refractivity contribution in [3.63, 3.8) is 0 Å². The van der Waals surface area contributed by atoms with Gasteiger partial charge in [-0.1, -0.05) is 149 Å². The van der Waals surface area contributed by atoms with Gasteiger partial charge in [0.05, 0.1) is 5.69 Å². The van der Waals surface area contributed by atoms with Crippen LogP contribution in [0, 0.1) is 5.41 Å². The molecule has 44 heavy (non-hydrogen) atoms. The number of nitrogens with two attached hydrogens (primary N) is 1. The Labute approximate surface area is 263 Å². The van der Waals surface area contributed by atoms with Gasteiger partial charge in [-0.05, 0) is 92.8 Å². The van der Waals surface area contributed by atoms with Crippen molar-refractivity contribution in [1.29, 1.82) is 0 Å². The molecule has 0 aliphatic rings. The van der Waals surface area contributed by atoms with Crippen molar-refractivity contribution in [1.82, 2.24) is 0 Å². The number of fused-ring (bicyclic) bond motifs is 3. The van der Waals surface area contributed by atoms with Crippen LogP contribution >= 0.6 is 0 Å². The number of allylic oxidation sites excluding steroid dienone is 3. The molecule has 0 aliphatic heterocycles. The van der Waals surface area contributed by atoms with Crippen molar-refractivity contribution in [3.05, 3.63) is 133 Å². The molecule has 0 saturated carbocycles. The van der Waals surface area contributed by atoms with Crippen molar-refractivity contribution >= 4 is 50.8 Å². The molecule has 2 heteroatoms. The SMILES string of the molecule is C=Nc1cc(-c2c3ccccc3c(-c3ccc4ccccc4c3)c3ccccc23)ccc1/C=C\C=C/C.CC(C)(C)C.CN. The summed E-state index contributed by atoms with van der Waals surface area (Å²) in [7, 11) is 1.50. The molecule has 0 radical (unpaired) electrons. The Bertz CT molecular complexity index is 1890. The lowest BCUT2D eigenvalue weighted by Gasteiger charge is -2.18. The maximum atomic E-state index is 4.50. The Morgan fingerprint density at radius 2 is 1.05 bits per heavy atom. The van der Waals surface area contributed by atoms with Crippen molar-refractivity contribution in [2.45, 2.75) is 34.6 Å². The van der Waals surface area contributed by atoms with Crippen LogP contribution in [0.4, 0.5) is 5.69 Å². The summed E-state index contributed by atoms with van der Waals surface area (Å²) in [5.74, 6) is 0. The molecule has 0 atom stereocenters. The highest BCUT2D eigenvalue weighted by atomic mass is 14.7. The van der Waals surface area contributed by atoms with E-state index in [9.17, 15) is 0 Å². The first-order valence-electron chi connectivity index (χ1n) is 15.2. The monoisotopic (exact) mass is 576 g/mol. The summed E-state index contributed by atoms with van der Waals surface area (Å²) in [5.41, 5.74) is 11.8. The molecule has 6 aromatic carbocycles. The van der Waals surface area contributed by atoms with E-state index < -0.39 is 0 Å². The third-order valence-electron chi connectivity index (χ3n) is 7.04. The highest BCUT2D eigenvalue weighted by Crippen LogP contribution is 2.44. The quantitative estimate of drug-likeness (QED) is 0.124. The van der Waals surface area contributed by atoms with Gasteiger partial charge in [-0.3, -0.25) is 4.99 Å². The van der Waals surface area contributed by atoms with E-state index >= 15 is 0 Å². The van der Waals surface area contributed by atoms with Gasteiger partial charge < -0.3 is 5.73 Å². The molecule has 0 fully saturated rings. The fourth-order valence-corrected chi connectivity index (χ4v) is 5.34. The minimum absolute atomic E-state index is 0.500. The van der Waals surface area contributed by atoms with Gasteiger partial charge in [0.1, 0.15) is 0 Å². The van der Waals surface area contributed by atoms with Gasteiger partial charge in [-0.2, -0.15) is 0 Å². The molecule has 0 aromatic heterocycles. The summed E-state index contributed by atoms with van der Waals surface area (Å²) < 4.78 is 0. The average molecular weight is 577 g/mol. The Balaban J connectivity index is 0.000000576. The fraction of sp³-hybridized carbons (Fsp3) is 0.167. The van der Waals surface area contributed by atoms with Gasteiger partial charge in [-0.25, -0.2) is 0 Å². The summed E-state index contributed by atoms with van der Waals surface area (Å²) in [5, 5.41) is 7.46. The van der Waals surface area contributed by atoms with Crippen LogP contribution in [-0.4, -0.2) is 13.8 Å². The Hall–Kier alpha value is -4.79. The third-order valence-corrected chi connectivity index (χ3v) is 7.04. The summed E-state index contributed by atoms with van der Waals surface area (Å²) in [6.45, 7) is 14.6. The minimum Gasteiger partial charge on any atom is -0.333 e. The number of hydrogen-bond acceptors (Lipinski definition) is 2. The van der Waals surface area contributed by atoms with E-state index in [0.29, 0.717) is 5.41 Å². The number of benzene rings is 6. The molecular formula is C42H44N2. The van der Waals surface area contributed by atoms with Crippen LogP contribution in [0.25, 0.3) is 60.6 Å². The normalized spacial score (nSPS) is 11.4. The van der Waals surface area contributed by atoms with Crippen LogP contribution in [-0.2, 0) is 0 Å². The Morgan fingerprint density at radius 1 is 0.591 bits per heavy atom. The number of hydrogen-bond donors (Lipinski definition) is 1. The van der Waals surface area contributed by atoms with E-state index in [-0.39, 0.29) is 0 Å². The molecule has 0 amide bonds.